The number of carboxylic acid groups (broad SMARTS) is 2. The average molecular weight is 677 g/mol. The van der Waals surface area contributed by atoms with Gasteiger partial charge in [-0.05, 0) is 92.2 Å². The molecule has 0 spiro atoms. The number of carbonyl (C=O) groups excluding carboxylic acids is 1. The number of nitrogens with one attached hydrogen (secondary N) is 2. The van der Waals surface area contributed by atoms with E-state index in [0.29, 0.717) is 67.9 Å². The SMILES string of the molecule is C=CC1=C(C)C2=NC1=Cc1[nH]c(c(CCC(=O)O)c1C)C=C1N=C(C=C3N=C(C(C=C)=C3C)C2=C(O)CNC(=O)CN)C(C)=C1CCC(=O)O. The topological polar surface area (TPSA) is 203 Å². The summed E-state index contributed by atoms with van der Waals surface area (Å²) in [5.41, 5.74) is 16.1. The van der Waals surface area contributed by atoms with Crippen LogP contribution in [0.2, 0.25) is 0 Å². The molecular formula is C38H40N6O6. The highest BCUT2D eigenvalue weighted by molar-refractivity contribution is 6.38. The zero-order chi connectivity index (χ0) is 36.4. The minimum Gasteiger partial charge on any atom is -0.510 e. The predicted molar refractivity (Wildman–Crippen MR) is 195 cm³/mol. The normalized spacial score (nSPS) is 17.9. The number of hydrogen-bond donors (Lipinski definition) is 6. The molecule has 50 heavy (non-hydrogen) atoms. The van der Waals surface area contributed by atoms with Crippen LogP contribution in [-0.4, -0.2) is 68.4 Å². The second kappa shape index (κ2) is 14.3. The summed E-state index contributed by atoms with van der Waals surface area (Å²) in [7, 11) is 0. The van der Waals surface area contributed by atoms with Crippen molar-refractivity contribution in [3.05, 3.63) is 116 Å². The molecule has 0 aromatic carbocycles. The van der Waals surface area contributed by atoms with Crippen LogP contribution in [-0.2, 0) is 20.8 Å². The first kappa shape index (κ1) is 35.4. The number of aromatic amines is 1. The third-order valence-corrected chi connectivity index (χ3v) is 9.20. The fourth-order valence-corrected chi connectivity index (χ4v) is 6.42. The number of hydrogen-bond acceptors (Lipinski definition) is 8. The van der Waals surface area contributed by atoms with Crippen LogP contribution in [0, 0.1) is 6.92 Å². The molecule has 0 unspecified atom stereocenters. The number of fused-ring (bicyclic) bond motifs is 5. The van der Waals surface area contributed by atoms with E-state index in [1.165, 1.54) is 0 Å². The van der Waals surface area contributed by atoms with Crippen molar-refractivity contribution in [2.24, 2.45) is 20.7 Å². The van der Waals surface area contributed by atoms with Gasteiger partial charge in [-0.25, -0.2) is 15.0 Å². The first-order valence-electron chi connectivity index (χ1n) is 16.1. The monoisotopic (exact) mass is 676 g/mol. The first-order valence-corrected chi connectivity index (χ1v) is 16.1. The Kier molecular flexibility index (Phi) is 10.1. The molecule has 1 aromatic rings. The summed E-state index contributed by atoms with van der Waals surface area (Å²) in [6.07, 6.45) is 9.10. The smallest absolute Gasteiger partial charge is 0.303 e. The van der Waals surface area contributed by atoms with E-state index in [0.717, 1.165) is 27.8 Å². The molecule has 258 valence electrons. The Morgan fingerprint density at radius 2 is 1.44 bits per heavy atom. The summed E-state index contributed by atoms with van der Waals surface area (Å²) in [4.78, 5) is 53.8. The fourth-order valence-electron chi connectivity index (χ4n) is 6.42. The minimum absolute atomic E-state index is 0.100. The lowest BCUT2D eigenvalue weighted by molar-refractivity contribution is -0.138. The maximum Gasteiger partial charge on any atom is 0.303 e. The third-order valence-electron chi connectivity index (χ3n) is 9.20. The van der Waals surface area contributed by atoms with Gasteiger partial charge in [-0.2, -0.15) is 0 Å². The zero-order valence-electron chi connectivity index (χ0n) is 28.5. The van der Waals surface area contributed by atoms with E-state index >= 15 is 0 Å². The second-order valence-electron chi connectivity index (χ2n) is 12.2. The maximum atomic E-state index is 12.1. The lowest BCUT2D eigenvalue weighted by Gasteiger charge is -2.14. The van der Waals surface area contributed by atoms with E-state index in [1.54, 1.807) is 12.2 Å². The molecule has 7 N–H and O–H groups in total. The van der Waals surface area contributed by atoms with Gasteiger partial charge >= 0.3 is 11.9 Å². The van der Waals surface area contributed by atoms with Gasteiger partial charge in [-0.3, -0.25) is 14.4 Å². The first-order chi connectivity index (χ1) is 23.8. The van der Waals surface area contributed by atoms with E-state index in [-0.39, 0.29) is 44.5 Å². The van der Waals surface area contributed by atoms with Crippen LogP contribution in [0.15, 0.2) is 108 Å². The van der Waals surface area contributed by atoms with Crippen molar-refractivity contribution in [2.75, 3.05) is 13.1 Å². The van der Waals surface area contributed by atoms with Crippen LogP contribution in [0.3, 0.4) is 0 Å². The van der Waals surface area contributed by atoms with Gasteiger partial charge in [0.2, 0.25) is 5.91 Å². The molecule has 12 nitrogen and oxygen atoms in total. The van der Waals surface area contributed by atoms with E-state index in [9.17, 15) is 29.7 Å². The number of H-pyrrole nitrogens is 1. The van der Waals surface area contributed by atoms with Crippen molar-refractivity contribution >= 4 is 47.1 Å². The van der Waals surface area contributed by atoms with Crippen LogP contribution >= 0.6 is 0 Å². The van der Waals surface area contributed by atoms with Crippen molar-refractivity contribution < 1.29 is 29.7 Å². The van der Waals surface area contributed by atoms with Crippen LogP contribution in [0.4, 0.5) is 0 Å². The summed E-state index contributed by atoms with van der Waals surface area (Å²) in [6, 6.07) is 0. The van der Waals surface area contributed by atoms with Crippen LogP contribution in [0.5, 0.6) is 0 Å². The number of aliphatic hydroxyl groups excluding tert-OH is 1. The van der Waals surface area contributed by atoms with Gasteiger partial charge in [0, 0.05) is 35.4 Å². The highest BCUT2D eigenvalue weighted by Crippen LogP contribution is 2.39. The Morgan fingerprint density at radius 3 is 2.08 bits per heavy atom. The second-order valence-corrected chi connectivity index (χ2v) is 12.2. The fraction of sp³-hybridized carbons (Fsp3) is 0.263. The van der Waals surface area contributed by atoms with E-state index in [4.69, 9.17) is 20.7 Å². The number of allylic oxidation sites excluding steroid dienone is 9. The van der Waals surface area contributed by atoms with Crippen molar-refractivity contribution in [3.8, 4) is 0 Å². The number of rotatable bonds is 11. The lowest BCUT2D eigenvalue weighted by atomic mass is 9.91. The zero-order valence-corrected chi connectivity index (χ0v) is 28.5. The van der Waals surface area contributed by atoms with Gasteiger partial charge < -0.3 is 31.4 Å². The molecule has 0 atom stereocenters. The Hall–Kier alpha value is -5.88. The minimum atomic E-state index is -0.944. The molecular weight excluding hydrogens is 636 g/mol. The molecule has 0 radical (unpaired) electrons. The molecule has 0 saturated carbocycles. The number of amides is 1. The Bertz CT molecular complexity index is 2090. The molecule has 0 saturated heterocycles. The maximum absolute atomic E-state index is 12.1. The lowest BCUT2D eigenvalue weighted by Crippen LogP contribution is -2.33. The molecule has 4 aliphatic rings. The molecule has 5 heterocycles. The predicted octanol–water partition coefficient (Wildman–Crippen LogP) is 5.36. The number of nitrogens with zero attached hydrogens (tertiary/aromatic N) is 3. The number of nitrogens with two attached hydrogens (primary N) is 1. The molecule has 12 heteroatoms. The quantitative estimate of drug-likeness (QED) is 0.169. The molecule has 4 aliphatic heterocycles. The summed E-state index contributed by atoms with van der Waals surface area (Å²) in [5, 5.41) is 33.4. The number of carbonyl (C=O) groups is 3. The highest BCUT2D eigenvalue weighted by atomic mass is 16.4. The average Bonchev–Trinajstić information content (AvgIpc) is 3.74. The van der Waals surface area contributed by atoms with Crippen LogP contribution in [0.1, 0.15) is 62.5 Å². The number of aliphatic carboxylic acids is 2. The molecule has 8 bridgehead atoms. The summed E-state index contributed by atoms with van der Waals surface area (Å²) in [6.45, 7) is 15.1. The summed E-state index contributed by atoms with van der Waals surface area (Å²) < 4.78 is 0. The summed E-state index contributed by atoms with van der Waals surface area (Å²) in [5.74, 6) is -2.53. The van der Waals surface area contributed by atoms with Crippen molar-refractivity contribution in [3.63, 3.8) is 0 Å². The van der Waals surface area contributed by atoms with Gasteiger partial charge in [0.1, 0.15) is 5.76 Å². The molecule has 1 aromatic heterocycles. The largest absolute Gasteiger partial charge is 0.510 e. The molecule has 5 rings (SSSR count). The van der Waals surface area contributed by atoms with Gasteiger partial charge in [-0.15, -0.1) is 0 Å². The van der Waals surface area contributed by atoms with E-state index < -0.39 is 17.8 Å². The molecule has 1 amide bonds. The Labute approximate surface area is 289 Å². The van der Waals surface area contributed by atoms with E-state index in [1.807, 2.05) is 45.9 Å². The molecule has 0 fully saturated rings. The van der Waals surface area contributed by atoms with Gasteiger partial charge in [0.25, 0.3) is 0 Å². The Morgan fingerprint density at radius 1 is 0.800 bits per heavy atom. The van der Waals surface area contributed by atoms with Crippen molar-refractivity contribution in [1.82, 2.24) is 10.3 Å². The van der Waals surface area contributed by atoms with Crippen molar-refractivity contribution in [1.29, 1.82) is 0 Å². The van der Waals surface area contributed by atoms with Gasteiger partial charge in [0.15, 0.2) is 0 Å². The summed E-state index contributed by atoms with van der Waals surface area (Å²) >= 11 is 0. The third kappa shape index (κ3) is 6.70. The standard InChI is InChI=1S/C38H40N6O6/c1-7-22-21(6)37-36(32(45)17-40-33(46)16-39)38-23(8-2)18(3)28(43-38)13-26-19(4)24(9-11-34(47)48)30(41-26)15-31-25(10-12-35(49)50)20(5)27(42-31)14-29(22)44-37/h7-8,13-15,42,45H,1-2,9-12,16-17,39H2,3-6H3,(H,40,46)(H,47,48)(H,49,50). The van der Waals surface area contributed by atoms with Crippen LogP contribution in [0.25, 0.3) is 12.2 Å². The number of carboxylic acids is 2. The number of aliphatic hydroxyl groups is 1. The van der Waals surface area contributed by atoms with Gasteiger partial charge in [-0.1, -0.05) is 25.3 Å². The Balaban J connectivity index is 1.87. The van der Waals surface area contributed by atoms with Crippen molar-refractivity contribution in [2.45, 2.75) is 53.4 Å². The van der Waals surface area contributed by atoms with Gasteiger partial charge in [0.05, 0.1) is 52.9 Å². The molecule has 0 aliphatic carbocycles. The number of aromatic nitrogens is 1. The van der Waals surface area contributed by atoms with E-state index in [2.05, 4.69) is 23.5 Å². The highest BCUT2D eigenvalue weighted by Gasteiger charge is 2.33. The number of aliphatic imine (C=N–C) groups is 3. The van der Waals surface area contributed by atoms with Crippen LogP contribution < -0.4 is 11.1 Å².